The van der Waals surface area contributed by atoms with Gasteiger partial charge in [-0.3, -0.25) is 9.59 Å². The molecule has 0 saturated heterocycles. The number of carboxylic acids is 1. The number of aromatic nitrogens is 1. The number of carboxylic acid groups (broad SMARTS) is 1. The molecule has 1 N–H and O–H groups in total. The lowest BCUT2D eigenvalue weighted by Crippen LogP contribution is -2.31. The van der Waals surface area contributed by atoms with Crippen molar-refractivity contribution >= 4 is 28.3 Å². The number of benzene rings is 2. The number of ether oxygens (including phenoxy) is 1. The molecular weight excluding hydrogens is 402 g/mol. The number of hydrogen-bond donors (Lipinski definition) is 1. The number of anilines is 1. The molecule has 0 aliphatic heterocycles. The van der Waals surface area contributed by atoms with Crippen molar-refractivity contribution in [2.45, 2.75) is 6.54 Å². The van der Waals surface area contributed by atoms with Crippen molar-refractivity contribution in [2.75, 3.05) is 32.6 Å². The van der Waals surface area contributed by atoms with Crippen LogP contribution in [0.3, 0.4) is 0 Å². The third kappa shape index (κ3) is 5.15. The second-order valence-corrected chi connectivity index (χ2v) is 7.69. The molecule has 30 heavy (non-hydrogen) atoms. The molecule has 0 aliphatic carbocycles. The summed E-state index contributed by atoms with van der Waals surface area (Å²) in [6.45, 7) is 0.304. The van der Waals surface area contributed by atoms with E-state index in [1.165, 1.54) is 11.9 Å². The predicted octanol–water partition coefficient (Wildman–Crippen LogP) is 3.61. The van der Waals surface area contributed by atoms with Crippen LogP contribution in [0.5, 0.6) is 5.75 Å². The van der Waals surface area contributed by atoms with Gasteiger partial charge >= 0.3 is 5.97 Å². The zero-order chi connectivity index (χ0) is 21.7. The van der Waals surface area contributed by atoms with Crippen molar-refractivity contribution in [1.29, 1.82) is 0 Å². The number of amides is 1. The minimum absolute atomic E-state index is 0.318. The average molecular weight is 426 g/mol. The van der Waals surface area contributed by atoms with Crippen molar-refractivity contribution in [3.63, 3.8) is 0 Å². The topological polar surface area (TPSA) is 83.0 Å². The minimum Gasteiger partial charge on any atom is -0.497 e. The Morgan fingerprint density at radius 3 is 2.33 bits per heavy atom. The van der Waals surface area contributed by atoms with Gasteiger partial charge in [0.1, 0.15) is 12.3 Å². The van der Waals surface area contributed by atoms with Gasteiger partial charge in [-0.05, 0) is 42.0 Å². The van der Waals surface area contributed by atoms with Gasteiger partial charge in [-0.1, -0.05) is 12.1 Å². The summed E-state index contributed by atoms with van der Waals surface area (Å²) in [7, 11) is 5.08. The Balaban J connectivity index is 1.64. The van der Waals surface area contributed by atoms with Gasteiger partial charge in [0.25, 0.3) is 5.91 Å². The average Bonchev–Trinajstić information content (AvgIpc) is 3.24. The largest absolute Gasteiger partial charge is 0.497 e. The molecule has 0 spiro atoms. The highest BCUT2D eigenvalue weighted by atomic mass is 32.1. The first-order chi connectivity index (χ1) is 14.4. The Hall–Kier alpha value is -3.39. The van der Waals surface area contributed by atoms with E-state index in [0.29, 0.717) is 12.1 Å². The first-order valence-electron chi connectivity index (χ1n) is 9.24. The van der Waals surface area contributed by atoms with E-state index in [2.05, 4.69) is 0 Å². The van der Waals surface area contributed by atoms with Crippen LogP contribution >= 0.6 is 11.3 Å². The van der Waals surface area contributed by atoms with Crippen molar-refractivity contribution in [3.8, 4) is 17.0 Å². The lowest BCUT2D eigenvalue weighted by Gasteiger charge is -2.17. The summed E-state index contributed by atoms with van der Waals surface area (Å²) in [6, 6.07) is 15.0. The van der Waals surface area contributed by atoms with Crippen LogP contribution in [-0.4, -0.2) is 54.6 Å². The highest BCUT2D eigenvalue weighted by Crippen LogP contribution is 2.28. The minimum atomic E-state index is -1.04. The fraction of sp³-hybridized carbons (Fsp3) is 0.227. The smallest absolute Gasteiger partial charge is 0.323 e. The molecule has 0 aliphatic rings. The van der Waals surface area contributed by atoms with Crippen molar-refractivity contribution in [2.24, 2.45) is 0 Å². The van der Waals surface area contributed by atoms with E-state index < -0.39 is 5.97 Å². The van der Waals surface area contributed by atoms with Crippen LogP contribution < -0.4 is 9.64 Å². The van der Waals surface area contributed by atoms with E-state index in [4.69, 9.17) is 14.8 Å². The number of methoxy groups -OCH3 is 1. The van der Waals surface area contributed by atoms with E-state index in [1.807, 2.05) is 53.7 Å². The molecule has 1 aromatic heterocycles. The van der Waals surface area contributed by atoms with Crippen molar-refractivity contribution < 1.29 is 19.4 Å². The van der Waals surface area contributed by atoms with Gasteiger partial charge in [-0.15, -0.1) is 11.3 Å². The summed E-state index contributed by atoms with van der Waals surface area (Å²) in [5.41, 5.74) is 3.42. The SMILES string of the molecule is COc1ccc(-c2csc(N(C)Cc3ccc(C(=O)N(C)CC(=O)O)cc3)n2)cc1. The number of aliphatic carboxylic acids is 1. The van der Waals surface area contributed by atoms with Crippen LogP contribution in [0.4, 0.5) is 5.13 Å². The molecule has 1 heterocycles. The zero-order valence-electron chi connectivity index (χ0n) is 17.0. The Morgan fingerprint density at radius 1 is 1.07 bits per heavy atom. The maximum absolute atomic E-state index is 12.2. The summed E-state index contributed by atoms with van der Waals surface area (Å²) in [6.07, 6.45) is 0. The van der Waals surface area contributed by atoms with Gasteiger partial charge in [-0.2, -0.15) is 0 Å². The van der Waals surface area contributed by atoms with Crippen LogP contribution in [0.1, 0.15) is 15.9 Å². The monoisotopic (exact) mass is 425 g/mol. The summed E-state index contributed by atoms with van der Waals surface area (Å²) < 4.78 is 5.19. The highest BCUT2D eigenvalue weighted by Gasteiger charge is 2.15. The van der Waals surface area contributed by atoms with Gasteiger partial charge < -0.3 is 19.6 Å². The van der Waals surface area contributed by atoms with E-state index >= 15 is 0 Å². The first-order valence-corrected chi connectivity index (χ1v) is 10.1. The van der Waals surface area contributed by atoms with Gasteiger partial charge in [-0.25, -0.2) is 4.98 Å². The third-order valence-corrected chi connectivity index (χ3v) is 5.50. The number of likely N-dealkylation sites (N-methyl/N-ethyl adjacent to an activating group) is 1. The molecule has 0 bridgehead atoms. The lowest BCUT2D eigenvalue weighted by molar-refractivity contribution is -0.137. The van der Waals surface area contributed by atoms with E-state index in [9.17, 15) is 9.59 Å². The molecule has 3 aromatic rings. The van der Waals surface area contributed by atoms with Gasteiger partial charge in [0.05, 0.1) is 12.8 Å². The number of hydrogen-bond acceptors (Lipinski definition) is 6. The summed E-state index contributed by atoms with van der Waals surface area (Å²) >= 11 is 1.57. The second-order valence-electron chi connectivity index (χ2n) is 6.85. The van der Waals surface area contributed by atoms with Crippen LogP contribution in [0, 0.1) is 0 Å². The van der Waals surface area contributed by atoms with Crippen molar-refractivity contribution in [3.05, 3.63) is 65.0 Å². The van der Waals surface area contributed by atoms with E-state index in [0.717, 1.165) is 27.7 Å². The normalized spacial score (nSPS) is 10.5. The van der Waals surface area contributed by atoms with Crippen LogP contribution in [-0.2, 0) is 11.3 Å². The van der Waals surface area contributed by atoms with Gasteiger partial charge in [0, 0.05) is 37.1 Å². The molecule has 2 aromatic carbocycles. The molecule has 7 nitrogen and oxygen atoms in total. The molecule has 0 unspecified atom stereocenters. The van der Waals surface area contributed by atoms with Crippen LogP contribution in [0.25, 0.3) is 11.3 Å². The van der Waals surface area contributed by atoms with Crippen LogP contribution in [0.15, 0.2) is 53.9 Å². The number of carbonyl (C=O) groups is 2. The fourth-order valence-corrected chi connectivity index (χ4v) is 3.72. The molecule has 0 fully saturated rings. The molecular formula is C22H23N3O4S. The van der Waals surface area contributed by atoms with Gasteiger partial charge in [0.15, 0.2) is 5.13 Å². The molecule has 3 rings (SSSR count). The second kappa shape index (κ2) is 9.41. The summed E-state index contributed by atoms with van der Waals surface area (Å²) in [5.74, 6) is -0.551. The number of thiazole rings is 1. The first kappa shape index (κ1) is 21.3. The van der Waals surface area contributed by atoms with E-state index in [1.54, 1.807) is 30.6 Å². The van der Waals surface area contributed by atoms with E-state index in [-0.39, 0.29) is 12.5 Å². The number of carbonyl (C=O) groups excluding carboxylic acids is 1. The third-order valence-electron chi connectivity index (χ3n) is 4.54. The fourth-order valence-electron chi connectivity index (χ4n) is 2.92. The maximum Gasteiger partial charge on any atom is 0.323 e. The molecule has 0 saturated carbocycles. The summed E-state index contributed by atoms with van der Waals surface area (Å²) in [5, 5.41) is 11.7. The number of nitrogens with zero attached hydrogens (tertiary/aromatic N) is 3. The zero-order valence-corrected chi connectivity index (χ0v) is 17.8. The quantitative estimate of drug-likeness (QED) is 0.594. The molecule has 8 heteroatoms. The Kier molecular flexibility index (Phi) is 6.68. The Bertz CT molecular complexity index is 1020. The molecule has 0 radical (unpaired) electrons. The maximum atomic E-state index is 12.2. The van der Waals surface area contributed by atoms with Crippen molar-refractivity contribution in [1.82, 2.24) is 9.88 Å². The number of rotatable bonds is 8. The standard InChI is InChI=1S/C22H23N3O4S/c1-24(13-20(26)27)21(28)17-6-4-15(5-7-17)12-25(2)22-23-19(14-30-22)16-8-10-18(29-3)11-9-16/h4-11,14H,12-13H2,1-3H3,(H,26,27). The summed E-state index contributed by atoms with van der Waals surface area (Å²) in [4.78, 5) is 31.0. The van der Waals surface area contributed by atoms with Crippen LogP contribution in [0.2, 0.25) is 0 Å². The lowest BCUT2D eigenvalue weighted by atomic mass is 10.1. The Labute approximate surface area is 179 Å². The predicted molar refractivity (Wildman–Crippen MR) is 117 cm³/mol. The van der Waals surface area contributed by atoms with Gasteiger partial charge in [0.2, 0.25) is 0 Å². The molecule has 156 valence electrons. The molecule has 1 amide bonds. The highest BCUT2D eigenvalue weighted by molar-refractivity contribution is 7.14. The Morgan fingerprint density at radius 2 is 1.73 bits per heavy atom. The molecule has 0 atom stereocenters.